The molecule has 2 rings (SSSR count). The molecule has 1 aromatic carbocycles. The van der Waals surface area contributed by atoms with Crippen LogP contribution in [0.2, 0.25) is 5.02 Å². The van der Waals surface area contributed by atoms with Gasteiger partial charge in [-0.1, -0.05) is 25.4 Å². The van der Waals surface area contributed by atoms with E-state index in [-0.39, 0.29) is 24.4 Å². The van der Waals surface area contributed by atoms with E-state index in [9.17, 15) is 0 Å². The molecule has 136 valence electrons. The zero-order chi connectivity index (χ0) is 18.6. The highest BCUT2D eigenvalue weighted by Gasteiger charge is 2.16. The Labute approximate surface area is 152 Å². The molecular formula is C17H23ClN4O3. The number of halogens is 1. The van der Waals surface area contributed by atoms with Gasteiger partial charge in [-0.05, 0) is 18.9 Å². The first-order valence-corrected chi connectivity index (χ1v) is 8.28. The van der Waals surface area contributed by atoms with Crippen LogP contribution < -0.4 is 20.5 Å². The molecule has 0 saturated carbocycles. The van der Waals surface area contributed by atoms with Crippen LogP contribution in [0.3, 0.4) is 0 Å². The topological polar surface area (TPSA) is 103 Å². The van der Waals surface area contributed by atoms with Gasteiger partial charge in [0.1, 0.15) is 11.5 Å². The summed E-state index contributed by atoms with van der Waals surface area (Å²) in [5.41, 5.74) is 6.90. The number of anilines is 2. The van der Waals surface area contributed by atoms with Gasteiger partial charge < -0.3 is 25.6 Å². The summed E-state index contributed by atoms with van der Waals surface area (Å²) in [5, 5.41) is 12.4. The molecule has 1 atom stereocenters. The normalized spacial score (nSPS) is 12.1. The molecule has 0 radical (unpaired) electrons. The van der Waals surface area contributed by atoms with Crippen LogP contribution in [0.4, 0.5) is 11.8 Å². The van der Waals surface area contributed by atoms with Crippen LogP contribution >= 0.6 is 11.6 Å². The molecule has 4 N–H and O–H groups in total. The smallest absolute Gasteiger partial charge is 0.225 e. The summed E-state index contributed by atoms with van der Waals surface area (Å²) in [6, 6.07) is 3.35. The third-order valence-corrected chi connectivity index (χ3v) is 3.85. The van der Waals surface area contributed by atoms with Gasteiger partial charge in [0.25, 0.3) is 0 Å². The van der Waals surface area contributed by atoms with E-state index < -0.39 is 0 Å². The number of nitrogens with two attached hydrogens (primary N) is 1. The minimum atomic E-state index is -0.181. The number of aliphatic hydroxyl groups excluding tert-OH is 1. The molecule has 0 saturated heterocycles. The molecule has 25 heavy (non-hydrogen) atoms. The maximum atomic E-state index is 9.07. The molecule has 0 spiro atoms. The van der Waals surface area contributed by atoms with Crippen LogP contribution in [0.25, 0.3) is 0 Å². The van der Waals surface area contributed by atoms with Crippen LogP contribution in [0.1, 0.15) is 32.3 Å². The van der Waals surface area contributed by atoms with Gasteiger partial charge in [0.2, 0.25) is 5.95 Å². The predicted octanol–water partition coefficient (Wildman–Crippen LogP) is 3.43. The maximum absolute atomic E-state index is 9.07. The number of benzene rings is 1. The third-order valence-electron chi connectivity index (χ3n) is 3.56. The Balaban J connectivity index is 2.31. The van der Waals surface area contributed by atoms with Gasteiger partial charge in [0, 0.05) is 17.7 Å². The number of hydrogen-bond acceptors (Lipinski definition) is 7. The van der Waals surface area contributed by atoms with Crippen LogP contribution in [0, 0.1) is 0 Å². The number of ether oxygens (including phenoxy) is 2. The summed E-state index contributed by atoms with van der Waals surface area (Å²) in [4.78, 5) is 8.31. The highest BCUT2D eigenvalue weighted by Crippen LogP contribution is 2.39. The summed E-state index contributed by atoms with van der Waals surface area (Å²) in [6.07, 6.45) is 1.48. The monoisotopic (exact) mass is 366 g/mol. The SMILES string of the molecule is COc1cc(C(C)C)c(Oc2cnc(N[C@H](C)CO)nc2N)cc1Cl. The predicted molar refractivity (Wildman–Crippen MR) is 98.8 cm³/mol. The van der Waals surface area contributed by atoms with Gasteiger partial charge in [-0.2, -0.15) is 4.98 Å². The molecule has 0 aliphatic heterocycles. The van der Waals surface area contributed by atoms with Crippen LogP contribution in [-0.2, 0) is 0 Å². The third kappa shape index (κ3) is 4.64. The Bertz CT molecular complexity index is 740. The van der Waals surface area contributed by atoms with E-state index in [2.05, 4.69) is 15.3 Å². The second-order valence-electron chi connectivity index (χ2n) is 5.95. The summed E-state index contributed by atoms with van der Waals surface area (Å²) >= 11 is 6.21. The minimum absolute atomic E-state index is 0.0381. The number of rotatable bonds is 7. The minimum Gasteiger partial charge on any atom is -0.495 e. The van der Waals surface area contributed by atoms with Crippen molar-refractivity contribution in [3.05, 3.63) is 28.9 Å². The number of hydrogen-bond donors (Lipinski definition) is 3. The van der Waals surface area contributed by atoms with Gasteiger partial charge in [-0.25, -0.2) is 4.98 Å². The number of aliphatic hydroxyl groups is 1. The number of aromatic nitrogens is 2. The Morgan fingerprint density at radius 2 is 1.96 bits per heavy atom. The first-order chi connectivity index (χ1) is 11.8. The molecule has 0 unspecified atom stereocenters. The number of methoxy groups -OCH3 is 1. The highest BCUT2D eigenvalue weighted by molar-refractivity contribution is 6.32. The van der Waals surface area contributed by atoms with Gasteiger partial charge in [0.15, 0.2) is 11.6 Å². The first-order valence-electron chi connectivity index (χ1n) is 7.90. The number of nitrogen functional groups attached to an aromatic ring is 1. The average Bonchev–Trinajstić information content (AvgIpc) is 2.57. The van der Waals surface area contributed by atoms with Crippen molar-refractivity contribution < 1.29 is 14.6 Å². The van der Waals surface area contributed by atoms with Gasteiger partial charge in [0.05, 0.1) is 24.9 Å². The van der Waals surface area contributed by atoms with E-state index in [1.54, 1.807) is 20.1 Å². The lowest BCUT2D eigenvalue weighted by atomic mass is 10.0. The standard InChI is InChI=1S/C17H23ClN4O3/c1-9(2)11-5-14(24-4)12(18)6-13(11)25-15-7-20-17(22-16(15)19)21-10(3)8-23/h5-7,9-10,23H,8H2,1-4H3,(H3,19,20,21,22)/t10-/m1/s1. The molecule has 0 amide bonds. The highest BCUT2D eigenvalue weighted by atomic mass is 35.5. The fraction of sp³-hybridized carbons (Fsp3) is 0.412. The van der Waals surface area contributed by atoms with Crippen molar-refractivity contribution in [3.63, 3.8) is 0 Å². The van der Waals surface area contributed by atoms with Crippen molar-refractivity contribution in [2.45, 2.75) is 32.7 Å². The van der Waals surface area contributed by atoms with E-state index in [0.29, 0.717) is 28.2 Å². The molecule has 0 aliphatic rings. The van der Waals surface area contributed by atoms with E-state index in [4.69, 9.17) is 31.9 Å². The molecule has 8 heteroatoms. The average molecular weight is 367 g/mol. The number of nitrogens with zero attached hydrogens (tertiary/aromatic N) is 2. The molecule has 1 heterocycles. The molecule has 0 fully saturated rings. The van der Waals surface area contributed by atoms with Crippen LogP contribution in [0.15, 0.2) is 18.3 Å². The van der Waals surface area contributed by atoms with Crippen molar-refractivity contribution in [2.24, 2.45) is 0 Å². The van der Waals surface area contributed by atoms with Crippen molar-refractivity contribution in [1.29, 1.82) is 0 Å². The molecule has 2 aromatic rings. The van der Waals surface area contributed by atoms with Gasteiger partial charge in [-0.3, -0.25) is 0 Å². The van der Waals surface area contributed by atoms with Crippen molar-refractivity contribution in [3.8, 4) is 17.2 Å². The fourth-order valence-corrected chi connectivity index (χ4v) is 2.39. The van der Waals surface area contributed by atoms with Crippen LogP contribution in [-0.4, -0.2) is 34.8 Å². The molecule has 7 nitrogen and oxygen atoms in total. The largest absolute Gasteiger partial charge is 0.495 e. The molecule has 0 aliphatic carbocycles. The Hall–Kier alpha value is -2.25. The quantitative estimate of drug-likeness (QED) is 0.689. The Kier molecular flexibility index (Phi) is 6.27. The second-order valence-corrected chi connectivity index (χ2v) is 6.36. The van der Waals surface area contributed by atoms with Gasteiger partial charge >= 0.3 is 0 Å². The summed E-state index contributed by atoms with van der Waals surface area (Å²) in [6.45, 7) is 5.85. The summed E-state index contributed by atoms with van der Waals surface area (Å²) in [5.74, 6) is 2.17. The first kappa shape index (κ1) is 19.1. The number of nitrogens with one attached hydrogen (secondary N) is 1. The summed E-state index contributed by atoms with van der Waals surface area (Å²) < 4.78 is 11.2. The van der Waals surface area contributed by atoms with Crippen molar-refractivity contribution in [1.82, 2.24) is 9.97 Å². The van der Waals surface area contributed by atoms with Crippen molar-refractivity contribution >= 4 is 23.4 Å². The fourth-order valence-electron chi connectivity index (χ4n) is 2.16. The van der Waals surface area contributed by atoms with E-state index in [0.717, 1.165) is 5.56 Å². The lowest BCUT2D eigenvalue weighted by Gasteiger charge is -2.17. The molecular weight excluding hydrogens is 344 g/mol. The summed E-state index contributed by atoms with van der Waals surface area (Å²) in [7, 11) is 1.57. The zero-order valence-electron chi connectivity index (χ0n) is 14.7. The van der Waals surface area contributed by atoms with Crippen LogP contribution in [0.5, 0.6) is 17.2 Å². The molecule has 0 bridgehead atoms. The maximum Gasteiger partial charge on any atom is 0.225 e. The zero-order valence-corrected chi connectivity index (χ0v) is 15.5. The van der Waals surface area contributed by atoms with E-state index in [1.165, 1.54) is 6.20 Å². The van der Waals surface area contributed by atoms with Crippen molar-refractivity contribution in [2.75, 3.05) is 24.8 Å². The lowest BCUT2D eigenvalue weighted by molar-refractivity contribution is 0.281. The van der Waals surface area contributed by atoms with E-state index in [1.807, 2.05) is 19.9 Å². The van der Waals surface area contributed by atoms with E-state index >= 15 is 0 Å². The lowest BCUT2D eigenvalue weighted by Crippen LogP contribution is -2.21. The Morgan fingerprint density at radius 1 is 1.24 bits per heavy atom. The van der Waals surface area contributed by atoms with Gasteiger partial charge in [-0.15, -0.1) is 0 Å². The second kappa shape index (κ2) is 8.22. The Morgan fingerprint density at radius 3 is 2.52 bits per heavy atom. The molecule has 1 aromatic heterocycles.